The summed E-state index contributed by atoms with van der Waals surface area (Å²) in [5.74, 6) is 0. The number of piperidine rings is 1. The van der Waals surface area contributed by atoms with Crippen molar-refractivity contribution < 1.29 is 0 Å². The van der Waals surface area contributed by atoms with E-state index in [9.17, 15) is 0 Å². The summed E-state index contributed by atoms with van der Waals surface area (Å²) >= 11 is 0. The van der Waals surface area contributed by atoms with Crippen LogP contribution in [0.3, 0.4) is 0 Å². The lowest BCUT2D eigenvalue weighted by atomic mass is 9.96. The number of pyridine rings is 2. The van der Waals surface area contributed by atoms with Crippen molar-refractivity contribution in [3.63, 3.8) is 0 Å². The van der Waals surface area contributed by atoms with Crippen LogP contribution in [0.4, 0.5) is 0 Å². The minimum atomic E-state index is 0.0813. The quantitative estimate of drug-likeness (QED) is 0.929. The van der Waals surface area contributed by atoms with E-state index < -0.39 is 0 Å². The summed E-state index contributed by atoms with van der Waals surface area (Å²) in [6.07, 6.45) is 7.07. The molecule has 1 aliphatic rings. The molecule has 20 heavy (non-hydrogen) atoms. The van der Waals surface area contributed by atoms with Crippen molar-refractivity contribution in [3.05, 3.63) is 60.2 Å². The summed E-state index contributed by atoms with van der Waals surface area (Å²) in [4.78, 5) is 11.3. The number of rotatable bonds is 3. The Balaban J connectivity index is 1.84. The zero-order valence-electron chi connectivity index (χ0n) is 11.5. The fraction of sp³-hybridized carbons (Fsp3) is 0.375. The highest BCUT2D eigenvalue weighted by Crippen LogP contribution is 2.32. The molecule has 2 atom stereocenters. The molecule has 1 aliphatic heterocycles. The highest BCUT2D eigenvalue weighted by Gasteiger charge is 2.30. The van der Waals surface area contributed by atoms with Gasteiger partial charge in [-0.3, -0.25) is 14.9 Å². The topological polar surface area (TPSA) is 55.0 Å². The molecular formula is C16H20N4. The van der Waals surface area contributed by atoms with Gasteiger partial charge in [0.1, 0.15) is 0 Å². The number of hydrogen-bond donors (Lipinski definition) is 1. The highest BCUT2D eigenvalue weighted by atomic mass is 15.3. The van der Waals surface area contributed by atoms with E-state index in [1.54, 1.807) is 0 Å². The van der Waals surface area contributed by atoms with Gasteiger partial charge in [0.2, 0.25) is 0 Å². The van der Waals surface area contributed by atoms with Crippen LogP contribution in [-0.4, -0.2) is 21.0 Å². The van der Waals surface area contributed by atoms with Gasteiger partial charge < -0.3 is 5.73 Å². The Morgan fingerprint density at radius 2 is 1.85 bits per heavy atom. The van der Waals surface area contributed by atoms with Crippen molar-refractivity contribution in [2.24, 2.45) is 5.73 Å². The predicted octanol–water partition coefficient (Wildman–Crippen LogP) is 2.49. The van der Waals surface area contributed by atoms with E-state index in [1.165, 1.54) is 0 Å². The first-order chi connectivity index (χ1) is 9.84. The van der Waals surface area contributed by atoms with E-state index in [4.69, 9.17) is 5.73 Å². The summed E-state index contributed by atoms with van der Waals surface area (Å²) in [6.45, 7) is 0.781. The van der Waals surface area contributed by atoms with E-state index >= 15 is 0 Å². The standard InChI is InChI=1S/C16H20N4/c17-16-9-5-8-15(14-7-2-4-11-19-14)20(16)12-13-6-1-3-10-18-13/h1-4,6-7,10-11,15-16H,5,8-9,12,17H2/t15-,16+/m0/s1. The van der Waals surface area contributed by atoms with E-state index in [-0.39, 0.29) is 6.17 Å². The number of nitrogens with zero attached hydrogens (tertiary/aromatic N) is 3. The molecule has 0 saturated carbocycles. The van der Waals surface area contributed by atoms with Crippen LogP contribution in [0.2, 0.25) is 0 Å². The van der Waals surface area contributed by atoms with Crippen LogP contribution >= 0.6 is 0 Å². The van der Waals surface area contributed by atoms with Crippen molar-refractivity contribution >= 4 is 0 Å². The molecule has 104 valence electrons. The molecular weight excluding hydrogens is 248 g/mol. The number of aromatic nitrogens is 2. The van der Waals surface area contributed by atoms with Gasteiger partial charge in [-0.25, -0.2) is 0 Å². The molecule has 1 saturated heterocycles. The fourth-order valence-corrected chi connectivity index (χ4v) is 2.88. The summed E-state index contributed by atoms with van der Waals surface area (Å²) in [6, 6.07) is 12.4. The molecule has 3 rings (SSSR count). The Hall–Kier alpha value is -1.78. The van der Waals surface area contributed by atoms with Gasteiger partial charge in [-0.1, -0.05) is 12.1 Å². The minimum absolute atomic E-state index is 0.0813. The van der Waals surface area contributed by atoms with Crippen molar-refractivity contribution in [2.75, 3.05) is 0 Å². The van der Waals surface area contributed by atoms with Gasteiger partial charge >= 0.3 is 0 Å². The molecule has 0 unspecified atom stereocenters. The van der Waals surface area contributed by atoms with Crippen LogP contribution in [0, 0.1) is 0 Å². The summed E-state index contributed by atoms with van der Waals surface area (Å²) in [7, 11) is 0. The second kappa shape index (κ2) is 6.11. The third-order valence-electron chi connectivity index (χ3n) is 3.90. The predicted molar refractivity (Wildman–Crippen MR) is 78.6 cm³/mol. The van der Waals surface area contributed by atoms with Crippen LogP contribution in [-0.2, 0) is 6.54 Å². The second-order valence-corrected chi connectivity index (χ2v) is 5.26. The monoisotopic (exact) mass is 268 g/mol. The average molecular weight is 268 g/mol. The third-order valence-corrected chi connectivity index (χ3v) is 3.90. The zero-order valence-corrected chi connectivity index (χ0v) is 11.5. The maximum atomic E-state index is 6.32. The van der Waals surface area contributed by atoms with Crippen LogP contribution < -0.4 is 5.73 Å². The molecule has 0 bridgehead atoms. The van der Waals surface area contributed by atoms with Crippen molar-refractivity contribution in [1.29, 1.82) is 0 Å². The van der Waals surface area contributed by atoms with E-state index in [1.807, 2.05) is 36.7 Å². The molecule has 2 aromatic rings. The number of nitrogens with two attached hydrogens (primary N) is 1. The lowest BCUT2D eigenvalue weighted by molar-refractivity contribution is 0.0737. The van der Waals surface area contributed by atoms with Gasteiger partial charge in [0.25, 0.3) is 0 Å². The summed E-state index contributed by atoms with van der Waals surface area (Å²) in [5, 5.41) is 0. The van der Waals surface area contributed by atoms with Gasteiger partial charge in [0, 0.05) is 18.9 Å². The van der Waals surface area contributed by atoms with Gasteiger partial charge in [-0.2, -0.15) is 0 Å². The van der Waals surface area contributed by atoms with Crippen LogP contribution in [0.5, 0.6) is 0 Å². The lowest BCUT2D eigenvalue weighted by Crippen LogP contribution is -2.46. The Morgan fingerprint density at radius 3 is 2.55 bits per heavy atom. The molecule has 0 spiro atoms. The van der Waals surface area contributed by atoms with Crippen molar-refractivity contribution in [3.8, 4) is 0 Å². The Morgan fingerprint density at radius 1 is 1.05 bits per heavy atom. The first kappa shape index (κ1) is 13.2. The maximum Gasteiger partial charge on any atom is 0.0581 e. The third kappa shape index (κ3) is 2.86. The van der Waals surface area contributed by atoms with E-state index in [0.717, 1.165) is 37.2 Å². The average Bonchev–Trinajstić information content (AvgIpc) is 2.51. The Bertz CT molecular complexity index is 529. The van der Waals surface area contributed by atoms with Crippen LogP contribution in [0.1, 0.15) is 36.7 Å². The highest BCUT2D eigenvalue weighted by molar-refractivity contribution is 5.12. The summed E-state index contributed by atoms with van der Waals surface area (Å²) in [5.41, 5.74) is 8.50. The molecule has 0 radical (unpaired) electrons. The molecule has 3 heterocycles. The molecule has 2 aromatic heterocycles. The first-order valence-corrected chi connectivity index (χ1v) is 7.17. The zero-order chi connectivity index (χ0) is 13.8. The molecule has 0 aromatic carbocycles. The van der Waals surface area contributed by atoms with Crippen LogP contribution in [0.15, 0.2) is 48.8 Å². The summed E-state index contributed by atoms with van der Waals surface area (Å²) < 4.78 is 0. The molecule has 2 N–H and O–H groups in total. The molecule has 4 heteroatoms. The number of hydrogen-bond acceptors (Lipinski definition) is 4. The van der Waals surface area contributed by atoms with E-state index in [2.05, 4.69) is 27.0 Å². The van der Waals surface area contributed by atoms with Crippen molar-refractivity contribution in [2.45, 2.75) is 38.0 Å². The minimum Gasteiger partial charge on any atom is -0.316 e. The SMILES string of the molecule is N[C@H]1CCC[C@@H](c2ccccn2)N1Cc1ccccn1. The van der Waals surface area contributed by atoms with Gasteiger partial charge in [-0.15, -0.1) is 0 Å². The maximum absolute atomic E-state index is 6.32. The molecule has 0 amide bonds. The van der Waals surface area contributed by atoms with Gasteiger partial charge in [0.15, 0.2) is 0 Å². The van der Waals surface area contributed by atoms with Gasteiger partial charge in [0.05, 0.1) is 23.6 Å². The molecule has 4 nitrogen and oxygen atoms in total. The Kier molecular flexibility index (Phi) is 4.04. The Labute approximate surface area is 119 Å². The smallest absolute Gasteiger partial charge is 0.0581 e. The van der Waals surface area contributed by atoms with Crippen molar-refractivity contribution in [1.82, 2.24) is 14.9 Å². The van der Waals surface area contributed by atoms with Gasteiger partial charge in [-0.05, 0) is 43.5 Å². The second-order valence-electron chi connectivity index (χ2n) is 5.26. The fourth-order valence-electron chi connectivity index (χ4n) is 2.88. The first-order valence-electron chi connectivity index (χ1n) is 7.17. The number of likely N-dealkylation sites (tertiary alicyclic amines) is 1. The van der Waals surface area contributed by atoms with Crippen LogP contribution in [0.25, 0.3) is 0 Å². The molecule has 0 aliphatic carbocycles. The lowest BCUT2D eigenvalue weighted by Gasteiger charge is -2.39. The normalized spacial score (nSPS) is 23.6. The van der Waals surface area contributed by atoms with E-state index in [0.29, 0.717) is 6.04 Å². The molecule has 1 fully saturated rings. The largest absolute Gasteiger partial charge is 0.316 e.